The fourth-order valence-electron chi connectivity index (χ4n) is 4.42. The van der Waals surface area contributed by atoms with Crippen LogP contribution in [0.15, 0.2) is 18.3 Å². The minimum atomic E-state index is -2.57. The summed E-state index contributed by atoms with van der Waals surface area (Å²) in [5.41, 5.74) is 7.56. The van der Waals surface area contributed by atoms with Crippen LogP contribution in [0.4, 0.5) is 24.9 Å². The lowest BCUT2D eigenvalue weighted by atomic mass is 9.96. The fraction of sp³-hybridized carbons (Fsp3) is 0.429. The van der Waals surface area contributed by atoms with E-state index in [1.165, 1.54) is 21.7 Å². The molecule has 1 fully saturated rings. The van der Waals surface area contributed by atoms with Gasteiger partial charge in [-0.1, -0.05) is 19.3 Å². The molecule has 3 N–H and O–H groups in total. The third-order valence-electron chi connectivity index (χ3n) is 5.91. The molecule has 0 spiro atoms. The van der Waals surface area contributed by atoms with Crippen LogP contribution >= 0.6 is 0 Å². The van der Waals surface area contributed by atoms with E-state index in [9.17, 15) is 8.78 Å². The van der Waals surface area contributed by atoms with Gasteiger partial charge >= 0.3 is 0 Å². The van der Waals surface area contributed by atoms with Gasteiger partial charge in [-0.3, -0.25) is 0 Å². The lowest BCUT2D eigenvalue weighted by molar-refractivity contribution is 0.127. The molecule has 0 saturated heterocycles. The van der Waals surface area contributed by atoms with Crippen molar-refractivity contribution in [1.82, 2.24) is 29.1 Å². The second-order valence-electron chi connectivity index (χ2n) is 8.15. The second-order valence-corrected chi connectivity index (χ2v) is 8.15. The number of nitrogen functional groups attached to an aromatic ring is 1. The first kappa shape index (κ1) is 20.5. The topological polar surface area (TPSA) is 98.9 Å². The van der Waals surface area contributed by atoms with Gasteiger partial charge in [0.2, 0.25) is 5.95 Å². The van der Waals surface area contributed by atoms with E-state index in [1.807, 2.05) is 0 Å². The Morgan fingerprint density at radius 1 is 1.16 bits per heavy atom. The summed E-state index contributed by atoms with van der Waals surface area (Å²) in [5.74, 6) is 0.284. The highest BCUT2D eigenvalue weighted by Crippen LogP contribution is 2.32. The normalized spacial score (nSPS) is 15.3. The van der Waals surface area contributed by atoms with Crippen LogP contribution in [-0.4, -0.2) is 41.6 Å². The number of aromatic nitrogens is 6. The molecule has 0 bridgehead atoms. The SMILES string of the molecule is Cc1nc2ccc(-c3c(F)cn4nc(NC5CCCCC5)nc(N)c34)nc2n1CC(F)F. The summed E-state index contributed by atoms with van der Waals surface area (Å²) < 4.78 is 43.8. The van der Waals surface area contributed by atoms with Crippen LogP contribution in [-0.2, 0) is 6.54 Å². The highest BCUT2D eigenvalue weighted by atomic mass is 19.3. The highest BCUT2D eigenvalue weighted by Gasteiger charge is 2.22. The molecule has 168 valence electrons. The molecule has 5 rings (SSSR count). The van der Waals surface area contributed by atoms with E-state index in [0.717, 1.165) is 25.7 Å². The van der Waals surface area contributed by atoms with Crippen molar-refractivity contribution in [2.45, 2.75) is 58.0 Å². The number of nitrogens with one attached hydrogen (secondary N) is 1. The Balaban J connectivity index is 1.58. The number of rotatable bonds is 5. The third-order valence-corrected chi connectivity index (χ3v) is 5.91. The fourth-order valence-corrected chi connectivity index (χ4v) is 4.42. The van der Waals surface area contributed by atoms with Crippen molar-refractivity contribution in [2.24, 2.45) is 0 Å². The lowest BCUT2D eigenvalue weighted by Gasteiger charge is -2.22. The molecular weight excluding hydrogens is 421 g/mol. The molecule has 0 radical (unpaired) electrons. The summed E-state index contributed by atoms with van der Waals surface area (Å²) in [6, 6.07) is 3.49. The van der Waals surface area contributed by atoms with E-state index in [4.69, 9.17) is 5.73 Å². The van der Waals surface area contributed by atoms with Gasteiger partial charge in [-0.05, 0) is 31.9 Å². The van der Waals surface area contributed by atoms with Crippen molar-refractivity contribution < 1.29 is 13.2 Å². The first-order valence-corrected chi connectivity index (χ1v) is 10.6. The largest absolute Gasteiger partial charge is 0.382 e. The van der Waals surface area contributed by atoms with Crippen LogP contribution in [0.2, 0.25) is 0 Å². The quantitative estimate of drug-likeness (QED) is 0.479. The number of fused-ring (bicyclic) bond motifs is 2. The number of hydrogen-bond donors (Lipinski definition) is 2. The summed E-state index contributed by atoms with van der Waals surface area (Å²) in [5, 5.41) is 7.68. The van der Waals surface area contributed by atoms with Crippen LogP contribution in [0.3, 0.4) is 0 Å². The zero-order chi connectivity index (χ0) is 22.4. The molecular formula is C21H23F3N8. The molecule has 1 aliphatic rings. The Labute approximate surface area is 181 Å². The van der Waals surface area contributed by atoms with E-state index in [-0.39, 0.29) is 34.3 Å². The van der Waals surface area contributed by atoms with Crippen LogP contribution in [0, 0.1) is 12.7 Å². The Morgan fingerprint density at radius 2 is 1.94 bits per heavy atom. The Hall–Kier alpha value is -3.37. The standard InChI is InChI=1S/C21H23F3N8/c1-11-26-15-8-7-14(28-20(15)31(11)10-16(23)24)17-13(22)9-32-18(17)19(25)29-21(30-32)27-12-5-3-2-4-6-12/h7-9,12,16H,2-6,10H2,1H3,(H3,25,27,29,30). The minimum Gasteiger partial charge on any atom is -0.382 e. The van der Waals surface area contributed by atoms with Gasteiger partial charge in [0.05, 0.1) is 24.0 Å². The van der Waals surface area contributed by atoms with Crippen molar-refractivity contribution in [3.05, 3.63) is 30.0 Å². The number of nitrogens with two attached hydrogens (primary N) is 1. The minimum absolute atomic E-state index is 0.108. The zero-order valence-corrected chi connectivity index (χ0v) is 17.5. The van der Waals surface area contributed by atoms with Gasteiger partial charge in [0.25, 0.3) is 6.43 Å². The molecule has 4 aromatic rings. The van der Waals surface area contributed by atoms with Crippen LogP contribution in [0.25, 0.3) is 27.9 Å². The number of halogens is 3. The first-order valence-electron chi connectivity index (χ1n) is 10.6. The highest BCUT2D eigenvalue weighted by molar-refractivity contribution is 5.89. The first-order chi connectivity index (χ1) is 15.4. The molecule has 4 heterocycles. The van der Waals surface area contributed by atoms with E-state index >= 15 is 4.39 Å². The summed E-state index contributed by atoms with van der Waals surface area (Å²) in [7, 11) is 0. The summed E-state index contributed by atoms with van der Waals surface area (Å²) >= 11 is 0. The molecule has 0 aliphatic heterocycles. The number of alkyl halides is 2. The Bertz CT molecular complexity index is 1290. The summed E-state index contributed by atoms with van der Waals surface area (Å²) in [6.07, 6.45) is 4.23. The zero-order valence-electron chi connectivity index (χ0n) is 17.5. The molecule has 11 heteroatoms. The van der Waals surface area contributed by atoms with Gasteiger partial charge in [0, 0.05) is 6.04 Å². The van der Waals surface area contributed by atoms with E-state index < -0.39 is 18.8 Å². The Kier molecular flexibility index (Phi) is 5.10. The smallest absolute Gasteiger partial charge is 0.256 e. The number of nitrogens with zero attached hydrogens (tertiary/aromatic N) is 6. The molecule has 0 unspecified atom stereocenters. The molecule has 1 aliphatic carbocycles. The number of hydrogen-bond acceptors (Lipinski definition) is 6. The van der Waals surface area contributed by atoms with Gasteiger partial charge in [-0.15, -0.1) is 5.10 Å². The van der Waals surface area contributed by atoms with Crippen molar-refractivity contribution in [3.63, 3.8) is 0 Å². The predicted octanol–water partition coefficient (Wildman–Crippen LogP) is 4.18. The molecule has 32 heavy (non-hydrogen) atoms. The van der Waals surface area contributed by atoms with Gasteiger partial charge in [0.1, 0.15) is 16.9 Å². The second kappa shape index (κ2) is 7.95. The van der Waals surface area contributed by atoms with E-state index in [2.05, 4.69) is 25.4 Å². The number of imidazole rings is 1. The maximum Gasteiger partial charge on any atom is 0.256 e. The summed E-state index contributed by atoms with van der Waals surface area (Å²) in [6.45, 7) is 1.09. The monoisotopic (exact) mass is 444 g/mol. The number of pyridine rings is 1. The molecule has 4 aromatic heterocycles. The Morgan fingerprint density at radius 3 is 2.69 bits per heavy atom. The van der Waals surface area contributed by atoms with Gasteiger partial charge in [0.15, 0.2) is 17.3 Å². The maximum absolute atomic E-state index is 15.0. The lowest BCUT2D eigenvalue weighted by Crippen LogP contribution is -2.24. The van der Waals surface area contributed by atoms with E-state index in [0.29, 0.717) is 17.3 Å². The molecule has 1 saturated carbocycles. The van der Waals surface area contributed by atoms with Crippen molar-refractivity contribution in [3.8, 4) is 11.3 Å². The van der Waals surface area contributed by atoms with Crippen molar-refractivity contribution in [2.75, 3.05) is 11.1 Å². The maximum atomic E-state index is 15.0. The van der Waals surface area contributed by atoms with Crippen LogP contribution < -0.4 is 11.1 Å². The average Bonchev–Trinajstić information content (AvgIpc) is 3.24. The third kappa shape index (κ3) is 3.61. The summed E-state index contributed by atoms with van der Waals surface area (Å²) in [4.78, 5) is 13.1. The molecule has 0 amide bonds. The van der Waals surface area contributed by atoms with Gasteiger partial charge in [-0.25, -0.2) is 27.7 Å². The van der Waals surface area contributed by atoms with Crippen molar-refractivity contribution >= 4 is 28.4 Å². The predicted molar refractivity (Wildman–Crippen MR) is 115 cm³/mol. The molecule has 0 atom stereocenters. The average molecular weight is 444 g/mol. The number of anilines is 2. The van der Waals surface area contributed by atoms with Gasteiger partial charge < -0.3 is 15.6 Å². The van der Waals surface area contributed by atoms with Crippen molar-refractivity contribution in [1.29, 1.82) is 0 Å². The van der Waals surface area contributed by atoms with Crippen LogP contribution in [0.5, 0.6) is 0 Å². The molecule has 8 nitrogen and oxygen atoms in total. The van der Waals surface area contributed by atoms with Gasteiger partial charge in [-0.2, -0.15) is 4.98 Å². The number of aryl methyl sites for hydroxylation is 1. The van der Waals surface area contributed by atoms with Crippen LogP contribution in [0.1, 0.15) is 37.9 Å². The van der Waals surface area contributed by atoms with E-state index in [1.54, 1.807) is 19.1 Å². The molecule has 0 aromatic carbocycles.